The number of halogens is 2. The van der Waals surface area contributed by atoms with Gasteiger partial charge in [0.1, 0.15) is 23.9 Å². The van der Waals surface area contributed by atoms with E-state index in [2.05, 4.69) is 0 Å². The van der Waals surface area contributed by atoms with Gasteiger partial charge in [-0.1, -0.05) is 18.2 Å². The maximum absolute atomic E-state index is 13.2. The first-order chi connectivity index (χ1) is 17.6. The predicted octanol–water partition coefficient (Wildman–Crippen LogP) is 5.43. The van der Waals surface area contributed by atoms with E-state index in [1.807, 2.05) is 0 Å². The second-order valence-electron chi connectivity index (χ2n) is 8.54. The zero-order chi connectivity index (χ0) is 27.3. The highest BCUT2D eigenvalue weighted by Gasteiger charge is 2.22. The molecular weight excluding hydrogens is 488 g/mol. The predicted molar refractivity (Wildman–Crippen MR) is 134 cm³/mol. The van der Waals surface area contributed by atoms with E-state index in [-0.39, 0.29) is 39.0 Å². The Balaban J connectivity index is 1.94. The SMILES string of the molecule is CCOC(Cc1ccc(OCCN(CCCCC(C)(F)F)C(=O)Oc2cccc(OC)c2)cc1)C(=O)O. The molecule has 0 fully saturated rings. The van der Waals surface area contributed by atoms with E-state index in [0.717, 1.165) is 12.5 Å². The number of hydrogen-bond acceptors (Lipinski definition) is 6. The van der Waals surface area contributed by atoms with Crippen LogP contribution in [0.2, 0.25) is 0 Å². The normalized spacial score (nSPS) is 12.0. The molecule has 0 radical (unpaired) electrons. The molecule has 2 aromatic carbocycles. The van der Waals surface area contributed by atoms with Gasteiger partial charge < -0.3 is 29.0 Å². The number of carbonyl (C=O) groups is 2. The summed E-state index contributed by atoms with van der Waals surface area (Å²) in [5, 5.41) is 9.23. The largest absolute Gasteiger partial charge is 0.497 e. The van der Waals surface area contributed by atoms with E-state index >= 15 is 0 Å². The summed E-state index contributed by atoms with van der Waals surface area (Å²) in [7, 11) is 1.50. The molecule has 1 amide bonds. The van der Waals surface area contributed by atoms with Gasteiger partial charge >= 0.3 is 12.1 Å². The molecule has 37 heavy (non-hydrogen) atoms. The third-order valence-electron chi connectivity index (χ3n) is 5.42. The van der Waals surface area contributed by atoms with Crippen molar-refractivity contribution in [3.63, 3.8) is 0 Å². The Kier molecular flexibility index (Phi) is 12.1. The molecule has 10 heteroatoms. The quantitative estimate of drug-likeness (QED) is 0.293. The molecule has 0 spiro atoms. The Morgan fingerprint density at radius 1 is 1.03 bits per heavy atom. The Bertz CT molecular complexity index is 979. The van der Waals surface area contributed by atoms with E-state index in [0.29, 0.717) is 30.3 Å². The van der Waals surface area contributed by atoms with Crippen molar-refractivity contribution in [1.82, 2.24) is 4.90 Å². The standard InChI is InChI=1S/C27H35F2NO7/c1-4-35-24(25(31)32)18-20-10-12-21(13-11-20)36-17-16-30(15-6-5-14-27(2,28)29)26(33)37-23-9-7-8-22(19-23)34-3/h7-13,19,24H,4-6,14-18H2,1-3H3,(H,31,32). The number of benzene rings is 2. The van der Waals surface area contributed by atoms with Gasteiger partial charge in [0.25, 0.3) is 0 Å². The molecule has 1 unspecified atom stereocenters. The van der Waals surface area contributed by atoms with Crippen LogP contribution < -0.4 is 14.2 Å². The molecule has 8 nitrogen and oxygen atoms in total. The molecule has 0 bridgehead atoms. The number of alkyl halides is 2. The monoisotopic (exact) mass is 523 g/mol. The van der Waals surface area contributed by atoms with Crippen LogP contribution in [0.5, 0.6) is 17.2 Å². The summed E-state index contributed by atoms with van der Waals surface area (Å²) in [5.41, 5.74) is 0.782. The molecule has 0 heterocycles. The fourth-order valence-electron chi connectivity index (χ4n) is 3.49. The Morgan fingerprint density at radius 2 is 1.73 bits per heavy atom. The summed E-state index contributed by atoms with van der Waals surface area (Å²) < 4.78 is 47.9. The molecule has 0 aromatic heterocycles. The van der Waals surface area contributed by atoms with Crippen molar-refractivity contribution in [2.24, 2.45) is 0 Å². The molecule has 2 aromatic rings. The van der Waals surface area contributed by atoms with Crippen molar-refractivity contribution in [1.29, 1.82) is 0 Å². The van der Waals surface area contributed by atoms with Gasteiger partial charge in [0.15, 0.2) is 6.10 Å². The van der Waals surface area contributed by atoms with Crippen LogP contribution in [-0.2, 0) is 16.0 Å². The smallest absolute Gasteiger partial charge is 0.415 e. The number of unbranched alkanes of at least 4 members (excludes halogenated alkanes) is 1. The molecule has 0 saturated heterocycles. The van der Waals surface area contributed by atoms with Crippen molar-refractivity contribution in [2.75, 3.05) is 33.4 Å². The first-order valence-electron chi connectivity index (χ1n) is 12.2. The van der Waals surface area contributed by atoms with E-state index < -0.39 is 24.1 Å². The highest BCUT2D eigenvalue weighted by molar-refractivity contribution is 5.72. The van der Waals surface area contributed by atoms with Gasteiger partial charge in [-0.2, -0.15) is 0 Å². The molecule has 1 N–H and O–H groups in total. The summed E-state index contributed by atoms with van der Waals surface area (Å²) in [5.74, 6) is -2.40. The van der Waals surface area contributed by atoms with Gasteiger partial charge in [-0.25, -0.2) is 18.4 Å². The topological polar surface area (TPSA) is 94.5 Å². The number of carboxylic acid groups (broad SMARTS) is 1. The fraction of sp³-hybridized carbons (Fsp3) is 0.481. The highest BCUT2D eigenvalue weighted by atomic mass is 19.3. The number of nitrogens with zero attached hydrogens (tertiary/aromatic N) is 1. The number of carboxylic acids is 1. The first-order valence-corrected chi connectivity index (χ1v) is 12.2. The van der Waals surface area contributed by atoms with Gasteiger partial charge in [-0.05, 0) is 56.5 Å². The molecule has 0 aliphatic carbocycles. The van der Waals surface area contributed by atoms with E-state index in [9.17, 15) is 23.5 Å². The van der Waals surface area contributed by atoms with Crippen molar-refractivity contribution < 1.29 is 42.4 Å². The maximum Gasteiger partial charge on any atom is 0.415 e. The lowest BCUT2D eigenvalue weighted by Gasteiger charge is -2.22. The number of aliphatic carboxylic acids is 1. The highest BCUT2D eigenvalue weighted by Crippen LogP contribution is 2.22. The Hall–Kier alpha value is -3.40. The van der Waals surface area contributed by atoms with Crippen LogP contribution in [0, 0.1) is 0 Å². The maximum atomic E-state index is 13.2. The lowest BCUT2D eigenvalue weighted by molar-refractivity contribution is -0.149. The van der Waals surface area contributed by atoms with Gasteiger partial charge in [0, 0.05) is 32.1 Å². The number of amides is 1. The molecule has 1 atom stereocenters. The molecule has 0 saturated carbocycles. The van der Waals surface area contributed by atoms with Gasteiger partial charge in [0.2, 0.25) is 5.92 Å². The Morgan fingerprint density at radius 3 is 2.35 bits per heavy atom. The van der Waals surface area contributed by atoms with Gasteiger partial charge in [-0.15, -0.1) is 0 Å². The lowest BCUT2D eigenvalue weighted by atomic mass is 10.1. The third kappa shape index (κ3) is 11.5. The molecule has 204 valence electrons. The minimum atomic E-state index is -2.76. The number of hydrogen-bond donors (Lipinski definition) is 1. The third-order valence-corrected chi connectivity index (χ3v) is 5.42. The van der Waals surface area contributed by atoms with Crippen LogP contribution in [0.1, 0.15) is 38.7 Å². The zero-order valence-electron chi connectivity index (χ0n) is 21.5. The average molecular weight is 524 g/mol. The van der Waals surface area contributed by atoms with Crippen LogP contribution in [0.25, 0.3) is 0 Å². The molecule has 0 aliphatic rings. The van der Waals surface area contributed by atoms with Crippen LogP contribution in [0.3, 0.4) is 0 Å². The Labute approximate surface area is 216 Å². The van der Waals surface area contributed by atoms with Crippen LogP contribution in [0.4, 0.5) is 13.6 Å². The lowest BCUT2D eigenvalue weighted by Crippen LogP contribution is -2.37. The molecular formula is C27H35F2NO7. The van der Waals surface area contributed by atoms with Crippen LogP contribution >= 0.6 is 0 Å². The van der Waals surface area contributed by atoms with Gasteiger partial charge in [-0.3, -0.25) is 0 Å². The summed E-state index contributed by atoms with van der Waals surface area (Å²) in [4.78, 5) is 25.5. The summed E-state index contributed by atoms with van der Waals surface area (Å²) in [6.07, 6.45) is -0.936. The van der Waals surface area contributed by atoms with Crippen LogP contribution in [0.15, 0.2) is 48.5 Å². The second-order valence-corrected chi connectivity index (χ2v) is 8.54. The van der Waals surface area contributed by atoms with E-state index in [1.54, 1.807) is 55.5 Å². The van der Waals surface area contributed by atoms with Crippen molar-refractivity contribution >= 4 is 12.1 Å². The number of carbonyl (C=O) groups excluding carboxylic acids is 1. The van der Waals surface area contributed by atoms with E-state index in [4.69, 9.17) is 18.9 Å². The molecule has 2 rings (SSSR count). The average Bonchev–Trinajstić information content (AvgIpc) is 2.85. The van der Waals surface area contributed by atoms with Crippen LogP contribution in [-0.4, -0.2) is 67.5 Å². The van der Waals surface area contributed by atoms with Crippen molar-refractivity contribution in [3.8, 4) is 17.2 Å². The molecule has 0 aliphatic heterocycles. The fourth-order valence-corrected chi connectivity index (χ4v) is 3.49. The number of rotatable bonds is 16. The van der Waals surface area contributed by atoms with Crippen molar-refractivity contribution in [2.45, 2.75) is 51.6 Å². The minimum absolute atomic E-state index is 0.146. The second kappa shape index (κ2) is 15.0. The number of methoxy groups -OCH3 is 1. The summed E-state index contributed by atoms with van der Waals surface area (Å²) in [6.45, 7) is 3.47. The summed E-state index contributed by atoms with van der Waals surface area (Å²) >= 11 is 0. The number of ether oxygens (including phenoxy) is 4. The zero-order valence-corrected chi connectivity index (χ0v) is 21.5. The summed E-state index contributed by atoms with van der Waals surface area (Å²) in [6, 6.07) is 13.5. The van der Waals surface area contributed by atoms with E-state index in [1.165, 1.54) is 12.0 Å². The van der Waals surface area contributed by atoms with Gasteiger partial charge in [0.05, 0.1) is 13.7 Å². The first kappa shape index (κ1) is 29.8. The van der Waals surface area contributed by atoms with Crippen molar-refractivity contribution in [3.05, 3.63) is 54.1 Å². The minimum Gasteiger partial charge on any atom is -0.497 e.